The first kappa shape index (κ1) is 16.1. The Bertz CT molecular complexity index is 756. The minimum Gasteiger partial charge on any atom is -0.371 e. The van der Waals surface area contributed by atoms with Gasteiger partial charge in [-0.3, -0.25) is 4.79 Å². The summed E-state index contributed by atoms with van der Waals surface area (Å²) >= 11 is 0. The summed E-state index contributed by atoms with van der Waals surface area (Å²) in [5.41, 5.74) is 0.498. The van der Waals surface area contributed by atoms with Crippen molar-refractivity contribution in [3.63, 3.8) is 0 Å². The molecular formula is C17H22N2O4S. The molecule has 3 aliphatic rings. The molecule has 0 bridgehead atoms. The van der Waals surface area contributed by atoms with E-state index >= 15 is 0 Å². The third kappa shape index (κ3) is 2.74. The van der Waals surface area contributed by atoms with E-state index < -0.39 is 16.1 Å². The summed E-state index contributed by atoms with van der Waals surface area (Å²) in [6.07, 6.45) is 4.63. The highest BCUT2D eigenvalue weighted by atomic mass is 32.2. The zero-order valence-corrected chi connectivity index (χ0v) is 14.3. The summed E-state index contributed by atoms with van der Waals surface area (Å²) in [4.78, 5) is 15.0. The number of nitrogens with zero attached hydrogens (tertiary/aromatic N) is 1. The molecule has 1 aromatic rings. The van der Waals surface area contributed by atoms with Gasteiger partial charge in [0, 0.05) is 13.1 Å². The standard InChI is InChI=1S/C17H22N2O4S/c20-16(19-9-10-23-17(12-19)7-3-4-8-17)14-11-13-5-1-2-6-15(13)24(21,22)18-14/h1-2,5-6,14,18H,3-4,7-12H2/t14-/m1/s1. The van der Waals surface area contributed by atoms with Crippen LogP contribution in [0.3, 0.4) is 0 Å². The van der Waals surface area contributed by atoms with Crippen molar-refractivity contribution in [1.82, 2.24) is 9.62 Å². The Morgan fingerprint density at radius 2 is 2.00 bits per heavy atom. The number of morpholine rings is 1. The largest absolute Gasteiger partial charge is 0.371 e. The molecule has 1 aromatic carbocycles. The van der Waals surface area contributed by atoms with Crippen molar-refractivity contribution in [2.24, 2.45) is 0 Å². The van der Waals surface area contributed by atoms with E-state index in [0.717, 1.165) is 25.7 Å². The number of benzene rings is 1. The second kappa shape index (κ2) is 5.82. The number of rotatable bonds is 1. The first-order valence-electron chi connectivity index (χ1n) is 8.52. The molecule has 4 rings (SSSR count). The number of ether oxygens (including phenoxy) is 1. The molecule has 1 spiro atoms. The summed E-state index contributed by atoms with van der Waals surface area (Å²) in [5.74, 6) is -0.136. The topological polar surface area (TPSA) is 75.7 Å². The molecule has 0 unspecified atom stereocenters. The van der Waals surface area contributed by atoms with Crippen LogP contribution in [-0.2, 0) is 26.0 Å². The van der Waals surface area contributed by atoms with Gasteiger partial charge in [-0.15, -0.1) is 0 Å². The summed E-state index contributed by atoms with van der Waals surface area (Å²) in [6, 6.07) is 6.16. The van der Waals surface area contributed by atoms with Crippen LogP contribution < -0.4 is 4.72 Å². The highest BCUT2D eigenvalue weighted by Gasteiger charge is 2.43. The monoisotopic (exact) mass is 350 g/mol. The van der Waals surface area contributed by atoms with Gasteiger partial charge in [0.2, 0.25) is 15.9 Å². The zero-order valence-electron chi connectivity index (χ0n) is 13.5. The van der Waals surface area contributed by atoms with Gasteiger partial charge in [-0.2, -0.15) is 4.72 Å². The van der Waals surface area contributed by atoms with E-state index in [1.807, 2.05) is 6.07 Å². The van der Waals surface area contributed by atoms with Crippen molar-refractivity contribution < 1.29 is 17.9 Å². The minimum atomic E-state index is -3.63. The second-order valence-electron chi connectivity index (χ2n) is 6.98. The molecule has 1 amide bonds. The Morgan fingerprint density at radius 3 is 2.79 bits per heavy atom. The lowest BCUT2D eigenvalue weighted by atomic mass is 9.98. The Morgan fingerprint density at radius 1 is 1.25 bits per heavy atom. The van der Waals surface area contributed by atoms with Gasteiger partial charge >= 0.3 is 0 Å². The van der Waals surface area contributed by atoms with Gasteiger partial charge in [-0.05, 0) is 30.9 Å². The van der Waals surface area contributed by atoms with Crippen molar-refractivity contribution >= 4 is 15.9 Å². The maximum Gasteiger partial charge on any atom is 0.241 e. The number of sulfonamides is 1. The molecule has 1 aliphatic carbocycles. The Labute approximate surface area is 142 Å². The van der Waals surface area contributed by atoms with Crippen LogP contribution in [0.2, 0.25) is 0 Å². The fraction of sp³-hybridized carbons (Fsp3) is 0.588. The number of fused-ring (bicyclic) bond motifs is 1. The van der Waals surface area contributed by atoms with Gasteiger partial charge in [0.1, 0.15) is 6.04 Å². The van der Waals surface area contributed by atoms with Crippen LogP contribution in [0.25, 0.3) is 0 Å². The number of hydrogen-bond acceptors (Lipinski definition) is 4. The average molecular weight is 350 g/mol. The fourth-order valence-corrected chi connectivity index (χ4v) is 5.60. The summed E-state index contributed by atoms with van der Waals surface area (Å²) in [5, 5.41) is 0. The molecule has 7 heteroatoms. The SMILES string of the molecule is O=C([C@H]1Cc2ccccc2S(=O)(=O)N1)N1CCOC2(CCCC2)C1. The lowest BCUT2D eigenvalue weighted by Crippen LogP contribution is -2.58. The van der Waals surface area contributed by atoms with E-state index in [9.17, 15) is 13.2 Å². The molecule has 6 nitrogen and oxygen atoms in total. The number of carbonyl (C=O) groups is 1. The summed E-state index contributed by atoms with van der Waals surface area (Å²) in [7, 11) is -3.63. The number of amides is 1. The smallest absolute Gasteiger partial charge is 0.241 e. The molecule has 24 heavy (non-hydrogen) atoms. The van der Waals surface area contributed by atoms with Gasteiger partial charge in [0.05, 0.1) is 17.1 Å². The van der Waals surface area contributed by atoms with Crippen LogP contribution in [0.15, 0.2) is 29.2 Å². The third-order valence-electron chi connectivity index (χ3n) is 5.36. The maximum absolute atomic E-state index is 12.9. The molecule has 2 aliphatic heterocycles. The Hall–Kier alpha value is -1.44. The number of carbonyl (C=O) groups excluding carboxylic acids is 1. The summed E-state index contributed by atoms with van der Waals surface area (Å²) < 4.78 is 33.4. The molecule has 2 heterocycles. The predicted octanol–water partition coefficient (Wildman–Crippen LogP) is 1.06. The van der Waals surface area contributed by atoms with Crippen LogP contribution in [0.4, 0.5) is 0 Å². The first-order valence-corrected chi connectivity index (χ1v) is 10.0. The molecular weight excluding hydrogens is 328 g/mol. The molecule has 1 saturated heterocycles. The normalized spacial score (nSPS) is 27.8. The highest BCUT2D eigenvalue weighted by Crippen LogP contribution is 2.36. The van der Waals surface area contributed by atoms with Crippen LogP contribution >= 0.6 is 0 Å². The van der Waals surface area contributed by atoms with Crippen LogP contribution in [0, 0.1) is 0 Å². The van der Waals surface area contributed by atoms with Gasteiger partial charge < -0.3 is 9.64 Å². The van der Waals surface area contributed by atoms with Gasteiger partial charge in [-0.25, -0.2) is 8.42 Å². The van der Waals surface area contributed by atoms with Crippen LogP contribution in [-0.4, -0.2) is 50.6 Å². The average Bonchev–Trinajstić information content (AvgIpc) is 3.01. The first-order chi connectivity index (χ1) is 11.5. The molecule has 0 aromatic heterocycles. The molecule has 130 valence electrons. The van der Waals surface area contributed by atoms with E-state index in [-0.39, 0.29) is 16.4 Å². The summed E-state index contributed by atoms with van der Waals surface area (Å²) in [6.45, 7) is 1.63. The second-order valence-corrected chi connectivity index (χ2v) is 8.67. The Kier molecular flexibility index (Phi) is 3.89. The van der Waals surface area contributed by atoms with Crippen molar-refractivity contribution in [1.29, 1.82) is 0 Å². The van der Waals surface area contributed by atoms with E-state index in [0.29, 0.717) is 31.7 Å². The molecule has 1 N–H and O–H groups in total. The van der Waals surface area contributed by atoms with Gasteiger partial charge in [0.15, 0.2) is 0 Å². The van der Waals surface area contributed by atoms with E-state index in [2.05, 4.69) is 4.72 Å². The van der Waals surface area contributed by atoms with Gasteiger partial charge in [0.25, 0.3) is 0 Å². The minimum absolute atomic E-state index is 0.136. The number of nitrogens with one attached hydrogen (secondary N) is 1. The quantitative estimate of drug-likeness (QED) is 0.822. The predicted molar refractivity (Wildman–Crippen MR) is 88.0 cm³/mol. The van der Waals surface area contributed by atoms with Crippen LogP contribution in [0.1, 0.15) is 31.2 Å². The van der Waals surface area contributed by atoms with E-state index in [1.165, 1.54) is 0 Å². The van der Waals surface area contributed by atoms with Crippen molar-refractivity contribution in [2.75, 3.05) is 19.7 Å². The third-order valence-corrected chi connectivity index (χ3v) is 6.93. The zero-order chi connectivity index (χ0) is 16.8. The van der Waals surface area contributed by atoms with E-state index in [1.54, 1.807) is 23.1 Å². The molecule has 2 fully saturated rings. The lowest BCUT2D eigenvalue weighted by Gasteiger charge is -2.42. The van der Waals surface area contributed by atoms with Crippen molar-refractivity contribution in [3.8, 4) is 0 Å². The molecule has 1 atom stereocenters. The number of hydrogen-bond donors (Lipinski definition) is 1. The molecule has 1 saturated carbocycles. The van der Waals surface area contributed by atoms with E-state index in [4.69, 9.17) is 4.74 Å². The maximum atomic E-state index is 12.9. The van der Waals surface area contributed by atoms with Crippen molar-refractivity contribution in [2.45, 2.75) is 48.6 Å². The lowest BCUT2D eigenvalue weighted by molar-refractivity contribution is -0.151. The van der Waals surface area contributed by atoms with Crippen molar-refractivity contribution in [3.05, 3.63) is 29.8 Å². The van der Waals surface area contributed by atoms with Crippen LogP contribution in [0.5, 0.6) is 0 Å². The fourth-order valence-electron chi connectivity index (χ4n) is 4.16. The molecule has 0 radical (unpaired) electrons. The highest BCUT2D eigenvalue weighted by molar-refractivity contribution is 7.89. The Balaban J connectivity index is 1.55. The van der Waals surface area contributed by atoms with Gasteiger partial charge in [-0.1, -0.05) is 31.0 Å².